The second kappa shape index (κ2) is 7.27. The SMILES string of the molecule is COc1cccc2cc([C@H](C)Nc3cccc(NC(=O)CO)c3)oc12. The Hall–Kier alpha value is -2.99. The van der Waals surface area contributed by atoms with Crippen LogP contribution in [0.4, 0.5) is 11.4 Å². The van der Waals surface area contributed by atoms with Gasteiger partial charge in [0.25, 0.3) is 0 Å². The minimum atomic E-state index is -0.547. The van der Waals surface area contributed by atoms with E-state index in [-0.39, 0.29) is 6.04 Å². The van der Waals surface area contributed by atoms with Gasteiger partial charge in [-0.3, -0.25) is 4.79 Å². The Kier molecular flexibility index (Phi) is 4.90. The molecule has 0 radical (unpaired) electrons. The molecule has 0 spiro atoms. The van der Waals surface area contributed by atoms with Gasteiger partial charge in [0.2, 0.25) is 5.91 Å². The van der Waals surface area contributed by atoms with Crippen LogP contribution in [0.5, 0.6) is 5.75 Å². The van der Waals surface area contributed by atoms with E-state index < -0.39 is 12.5 Å². The zero-order chi connectivity index (χ0) is 17.8. The standard InChI is InChI=1S/C19H20N2O4/c1-12(17-9-13-5-3-8-16(24-2)19(13)25-17)20-14-6-4-7-15(10-14)21-18(23)11-22/h3-10,12,20,22H,11H2,1-2H3,(H,21,23)/t12-/m0/s1. The zero-order valence-electron chi connectivity index (χ0n) is 14.1. The van der Waals surface area contributed by atoms with E-state index in [1.54, 1.807) is 19.2 Å². The van der Waals surface area contributed by atoms with Crippen LogP contribution in [0.3, 0.4) is 0 Å². The minimum Gasteiger partial charge on any atom is -0.493 e. The Morgan fingerprint density at radius 1 is 1.20 bits per heavy atom. The van der Waals surface area contributed by atoms with E-state index in [0.29, 0.717) is 11.4 Å². The first-order chi connectivity index (χ1) is 12.1. The van der Waals surface area contributed by atoms with Gasteiger partial charge >= 0.3 is 0 Å². The highest BCUT2D eigenvalue weighted by atomic mass is 16.5. The zero-order valence-corrected chi connectivity index (χ0v) is 14.1. The first-order valence-electron chi connectivity index (χ1n) is 7.94. The quantitative estimate of drug-likeness (QED) is 0.639. The van der Waals surface area contributed by atoms with Crippen LogP contribution in [-0.2, 0) is 4.79 Å². The van der Waals surface area contributed by atoms with Crippen molar-refractivity contribution in [2.45, 2.75) is 13.0 Å². The number of para-hydroxylation sites is 1. The van der Waals surface area contributed by atoms with E-state index in [9.17, 15) is 4.79 Å². The van der Waals surface area contributed by atoms with Gasteiger partial charge < -0.3 is 24.9 Å². The summed E-state index contributed by atoms with van der Waals surface area (Å²) in [5, 5.41) is 15.8. The van der Waals surface area contributed by atoms with E-state index in [1.807, 2.05) is 43.3 Å². The smallest absolute Gasteiger partial charge is 0.250 e. The second-order valence-corrected chi connectivity index (χ2v) is 5.68. The molecular weight excluding hydrogens is 320 g/mol. The Labute approximate surface area is 145 Å². The number of methoxy groups -OCH3 is 1. The lowest BCUT2D eigenvalue weighted by molar-refractivity contribution is -0.118. The summed E-state index contributed by atoms with van der Waals surface area (Å²) in [6.45, 7) is 1.44. The molecule has 6 nitrogen and oxygen atoms in total. The number of aliphatic hydroxyl groups is 1. The third-order valence-electron chi connectivity index (χ3n) is 3.85. The van der Waals surface area contributed by atoms with Gasteiger partial charge in [-0.15, -0.1) is 0 Å². The molecule has 130 valence electrons. The van der Waals surface area contributed by atoms with E-state index in [1.165, 1.54) is 0 Å². The molecule has 0 aliphatic carbocycles. The maximum Gasteiger partial charge on any atom is 0.250 e. The molecule has 3 rings (SSSR count). The molecule has 0 aliphatic rings. The minimum absolute atomic E-state index is 0.0825. The lowest BCUT2D eigenvalue weighted by Crippen LogP contribution is -2.15. The van der Waals surface area contributed by atoms with Crippen LogP contribution >= 0.6 is 0 Å². The molecule has 1 amide bonds. The van der Waals surface area contributed by atoms with E-state index >= 15 is 0 Å². The molecule has 0 fully saturated rings. The summed E-state index contributed by atoms with van der Waals surface area (Å²) in [5.41, 5.74) is 2.16. The van der Waals surface area contributed by atoms with Crippen molar-refractivity contribution in [1.29, 1.82) is 0 Å². The van der Waals surface area contributed by atoms with Gasteiger partial charge in [0.15, 0.2) is 11.3 Å². The van der Waals surface area contributed by atoms with E-state index in [0.717, 1.165) is 22.4 Å². The van der Waals surface area contributed by atoms with Gasteiger partial charge in [0.05, 0.1) is 13.2 Å². The molecule has 2 aromatic carbocycles. The van der Waals surface area contributed by atoms with Crippen LogP contribution in [0, 0.1) is 0 Å². The van der Waals surface area contributed by atoms with Crippen molar-refractivity contribution in [1.82, 2.24) is 0 Å². The number of fused-ring (bicyclic) bond motifs is 1. The van der Waals surface area contributed by atoms with Crippen molar-refractivity contribution in [3.8, 4) is 5.75 Å². The van der Waals surface area contributed by atoms with Crippen molar-refractivity contribution < 1.29 is 19.1 Å². The fraction of sp³-hybridized carbons (Fsp3) is 0.211. The molecule has 3 N–H and O–H groups in total. The predicted molar refractivity (Wildman–Crippen MR) is 97.0 cm³/mol. The maximum absolute atomic E-state index is 11.3. The monoisotopic (exact) mass is 340 g/mol. The van der Waals surface area contributed by atoms with E-state index in [4.69, 9.17) is 14.3 Å². The predicted octanol–water partition coefficient (Wildman–Crippen LogP) is 3.55. The van der Waals surface area contributed by atoms with Crippen molar-refractivity contribution in [2.24, 2.45) is 0 Å². The highest BCUT2D eigenvalue weighted by Gasteiger charge is 2.14. The van der Waals surface area contributed by atoms with Crippen LogP contribution in [0.25, 0.3) is 11.0 Å². The molecule has 1 aromatic heterocycles. The molecule has 0 saturated heterocycles. The van der Waals surface area contributed by atoms with Crippen LogP contribution in [0.1, 0.15) is 18.7 Å². The molecule has 0 bridgehead atoms. The first-order valence-corrected chi connectivity index (χ1v) is 7.94. The third kappa shape index (κ3) is 3.75. The topological polar surface area (TPSA) is 83.7 Å². The highest BCUT2D eigenvalue weighted by Crippen LogP contribution is 2.32. The van der Waals surface area contributed by atoms with Gasteiger partial charge in [0.1, 0.15) is 12.4 Å². The van der Waals surface area contributed by atoms with Crippen molar-refractivity contribution in [3.63, 3.8) is 0 Å². The molecule has 0 unspecified atom stereocenters. The number of nitrogens with one attached hydrogen (secondary N) is 2. The number of benzene rings is 2. The summed E-state index contributed by atoms with van der Waals surface area (Å²) >= 11 is 0. The molecule has 3 aromatic rings. The molecule has 25 heavy (non-hydrogen) atoms. The fourth-order valence-electron chi connectivity index (χ4n) is 2.64. The Morgan fingerprint density at radius 2 is 1.96 bits per heavy atom. The summed E-state index contributed by atoms with van der Waals surface area (Å²) in [7, 11) is 1.62. The molecular formula is C19H20N2O4. The molecule has 1 heterocycles. The summed E-state index contributed by atoms with van der Waals surface area (Å²) in [6.07, 6.45) is 0. The van der Waals surface area contributed by atoms with E-state index in [2.05, 4.69) is 10.6 Å². The number of rotatable bonds is 6. The Morgan fingerprint density at radius 3 is 2.72 bits per heavy atom. The second-order valence-electron chi connectivity index (χ2n) is 5.68. The van der Waals surface area contributed by atoms with Crippen LogP contribution in [0.15, 0.2) is 52.9 Å². The molecule has 6 heteroatoms. The van der Waals surface area contributed by atoms with Crippen LogP contribution in [-0.4, -0.2) is 24.7 Å². The number of ether oxygens (including phenoxy) is 1. The fourth-order valence-corrected chi connectivity index (χ4v) is 2.64. The first kappa shape index (κ1) is 16.9. The maximum atomic E-state index is 11.3. The number of carbonyl (C=O) groups is 1. The number of furan rings is 1. The van der Waals surface area contributed by atoms with Crippen molar-refractivity contribution in [2.75, 3.05) is 24.4 Å². The van der Waals surface area contributed by atoms with Gasteiger partial charge in [-0.1, -0.05) is 18.2 Å². The molecule has 0 aliphatic heterocycles. The number of amides is 1. The third-order valence-corrected chi connectivity index (χ3v) is 3.85. The average molecular weight is 340 g/mol. The molecule has 0 saturated carbocycles. The van der Waals surface area contributed by atoms with Crippen molar-refractivity contribution in [3.05, 3.63) is 54.3 Å². The average Bonchev–Trinajstić information content (AvgIpc) is 3.06. The van der Waals surface area contributed by atoms with Gasteiger partial charge in [-0.25, -0.2) is 0 Å². The lowest BCUT2D eigenvalue weighted by Gasteiger charge is -2.14. The largest absolute Gasteiger partial charge is 0.493 e. The lowest BCUT2D eigenvalue weighted by atomic mass is 10.2. The van der Waals surface area contributed by atoms with Gasteiger partial charge in [-0.2, -0.15) is 0 Å². The summed E-state index contributed by atoms with van der Waals surface area (Å²) in [6, 6.07) is 14.9. The summed E-state index contributed by atoms with van der Waals surface area (Å²) in [5.74, 6) is 1.03. The summed E-state index contributed by atoms with van der Waals surface area (Å²) < 4.78 is 11.3. The Balaban J connectivity index is 1.79. The Bertz CT molecular complexity index is 888. The van der Waals surface area contributed by atoms with Crippen LogP contribution in [0.2, 0.25) is 0 Å². The normalized spacial score (nSPS) is 12.0. The summed E-state index contributed by atoms with van der Waals surface area (Å²) in [4.78, 5) is 11.3. The number of carbonyl (C=O) groups excluding carboxylic acids is 1. The molecule has 1 atom stereocenters. The highest BCUT2D eigenvalue weighted by molar-refractivity contribution is 5.92. The van der Waals surface area contributed by atoms with Crippen molar-refractivity contribution >= 4 is 28.3 Å². The van der Waals surface area contributed by atoms with Crippen LogP contribution < -0.4 is 15.4 Å². The number of aliphatic hydroxyl groups excluding tert-OH is 1. The number of anilines is 2. The number of hydrogen-bond donors (Lipinski definition) is 3. The van der Waals surface area contributed by atoms with Gasteiger partial charge in [0, 0.05) is 16.8 Å². The number of hydrogen-bond acceptors (Lipinski definition) is 5. The van der Waals surface area contributed by atoms with Gasteiger partial charge in [-0.05, 0) is 37.3 Å².